The van der Waals surface area contributed by atoms with E-state index in [1.807, 2.05) is 24.3 Å². The van der Waals surface area contributed by atoms with Crippen molar-refractivity contribution in [1.82, 2.24) is 0 Å². The summed E-state index contributed by atoms with van der Waals surface area (Å²) in [6.07, 6.45) is 0. The number of rotatable bonds is 5. The third kappa shape index (κ3) is 4.24. The van der Waals surface area contributed by atoms with Crippen LogP contribution in [0.5, 0.6) is 5.75 Å². The molecule has 0 atom stereocenters. The van der Waals surface area contributed by atoms with E-state index < -0.39 is 0 Å². The molecule has 0 aliphatic carbocycles. The number of carbonyl (C=O) groups excluding carboxylic acids is 1. The molecule has 0 radical (unpaired) electrons. The van der Waals surface area contributed by atoms with Crippen LogP contribution in [0.1, 0.15) is 24.2 Å². The van der Waals surface area contributed by atoms with E-state index >= 15 is 0 Å². The minimum atomic E-state index is -0.185. The highest BCUT2D eigenvalue weighted by Gasteiger charge is 2.10. The normalized spacial score (nSPS) is 10.4. The van der Waals surface area contributed by atoms with Gasteiger partial charge in [0.1, 0.15) is 5.75 Å². The van der Waals surface area contributed by atoms with E-state index in [0.717, 1.165) is 0 Å². The Morgan fingerprint density at radius 3 is 2.48 bits per heavy atom. The van der Waals surface area contributed by atoms with E-state index in [-0.39, 0.29) is 5.91 Å². The number of hydrogen-bond acceptors (Lipinski definition) is 3. The number of nitrogens with one attached hydrogen (secondary N) is 1. The molecule has 3 N–H and O–H groups in total. The average molecular weight is 284 g/mol. The van der Waals surface area contributed by atoms with Crippen molar-refractivity contribution in [2.45, 2.75) is 13.8 Å². The molecular formula is C17H20N2O2. The lowest BCUT2D eigenvalue weighted by molar-refractivity contribution is 0.102. The molecule has 0 aromatic heterocycles. The van der Waals surface area contributed by atoms with Crippen molar-refractivity contribution >= 4 is 17.3 Å². The van der Waals surface area contributed by atoms with Crippen LogP contribution in [0.3, 0.4) is 0 Å². The highest BCUT2D eigenvalue weighted by Crippen LogP contribution is 2.25. The largest absolute Gasteiger partial charge is 0.491 e. The molecule has 0 saturated heterocycles. The van der Waals surface area contributed by atoms with Crippen LogP contribution in [-0.4, -0.2) is 12.5 Å². The van der Waals surface area contributed by atoms with E-state index in [9.17, 15) is 4.79 Å². The number of amides is 1. The van der Waals surface area contributed by atoms with Crippen molar-refractivity contribution in [2.75, 3.05) is 17.7 Å². The third-order valence-electron chi connectivity index (χ3n) is 2.88. The van der Waals surface area contributed by atoms with Crippen LogP contribution in [0.2, 0.25) is 0 Å². The van der Waals surface area contributed by atoms with Crippen LogP contribution < -0.4 is 15.8 Å². The van der Waals surface area contributed by atoms with Gasteiger partial charge in [0.15, 0.2) is 0 Å². The summed E-state index contributed by atoms with van der Waals surface area (Å²) in [5.41, 5.74) is 7.48. The SMILES string of the molecule is CC(C)COc1ccccc1NC(=O)c1ccc(N)cc1. The van der Waals surface area contributed by atoms with Gasteiger partial charge in [-0.3, -0.25) is 4.79 Å². The predicted molar refractivity (Wildman–Crippen MR) is 85.6 cm³/mol. The highest BCUT2D eigenvalue weighted by molar-refractivity contribution is 6.05. The molecule has 0 saturated carbocycles. The summed E-state index contributed by atoms with van der Waals surface area (Å²) < 4.78 is 5.72. The van der Waals surface area contributed by atoms with Crippen LogP contribution in [0.4, 0.5) is 11.4 Å². The topological polar surface area (TPSA) is 64.3 Å². The maximum absolute atomic E-state index is 12.2. The van der Waals surface area contributed by atoms with E-state index in [1.165, 1.54) is 0 Å². The fourth-order valence-corrected chi connectivity index (χ4v) is 1.78. The molecule has 0 unspecified atom stereocenters. The van der Waals surface area contributed by atoms with E-state index in [2.05, 4.69) is 19.2 Å². The highest BCUT2D eigenvalue weighted by atomic mass is 16.5. The van der Waals surface area contributed by atoms with E-state index in [4.69, 9.17) is 10.5 Å². The summed E-state index contributed by atoms with van der Waals surface area (Å²) in [4.78, 5) is 12.2. The molecule has 21 heavy (non-hydrogen) atoms. The fourth-order valence-electron chi connectivity index (χ4n) is 1.78. The minimum absolute atomic E-state index is 0.185. The Morgan fingerprint density at radius 2 is 1.81 bits per heavy atom. The maximum Gasteiger partial charge on any atom is 0.255 e. The number of nitrogens with two attached hydrogens (primary N) is 1. The standard InChI is InChI=1S/C17H20N2O2/c1-12(2)11-21-16-6-4-3-5-15(16)19-17(20)13-7-9-14(18)10-8-13/h3-10,12H,11,18H2,1-2H3,(H,19,20). The van der Waals surface area contributed by atoms with Gasteiger partial charge in [0, 0.05) is 11.3 Å². The zero-order valence-electron chi connectivity index (χ0n) is 12.3. The van der Waals surface area contributed by atoms with Gasteiger partial charge in [-0.1, -0.05) is 26.0 Å². The number of para-hydroxylation sites is 2. The minimum Gasteiger partial charge on any atom is -0.491 e. The summed E-state index contributed by atoms with van der Waals surface area (Å²) in [7, 11) is 0. The summed E-state index contributed by atoms with van der Waals surface area (Å²) in [5.74, 6) is 0.913. The molecule has 2 aromatic rings. The first kappa shape index (κ1) is 14.9. The van der Waals surface area contributed by atoms with Crippen molar-refractivity contribution in [3.8, 4) is 5.75 Å². The second-order valence-electron chi connectivity index (χ2n) is 5.28. The maximum atomic E-state index is 12.2. The summed E-state index contributed by atoms with van der Waals surface area (Å²) in [6.45, 7) is 4.76. The van der Waals surface area contributed by atoms with Gasteiger partial charge in [-0.25, -0.2) is 0 Å². The molecule has 0 aliphatic heterocycles. The molecule has 0 spiro atoms. The summed E-state index contributed by atoms with van der Waals surface area (Å²) in [6, 6.07) is 14.2. The Kier molecular flexibility index (Phi) is 4.82. The quantitative estimate of drug-likeness (QED) is 0.825. The van der Waals surface area contributed by atoms with Crippen molar-refractivity contribution in [1.29, 1.82) is 0 Å². The van der Waals surface area contributed by atoms with Gasteiger partial charge in [-0.15, -0.1) is 0 Å². The smallest absolute Gasteiger partial charge is 0.255 e. The van der Waals surface area contributed by atoms with Crippen molar-refractivity contribution in [3.05, 3.63) is 54.1 Å². The van der Waals surface area contributed by atoms with Gasteiger partial charge in [0.25, 0.3) is 5.91 Å². The Bertz CT molecular complexity index is 606. The molecular weight excluding hydrogens is 264 g/mol. The average Bonchev–Trinajstić information content (AvgIpc) is 2.47. The number of anilines is 2. The van der Waals surface area contributed by atoms with Crippen LogP contribution in [0.15, 0.2) is 48.5 Å². The van der Waals surface area contributed by atoms with Gasteiger partial charge < -0.3 is 15.8 Å². The molecule has 0 bridgehead atoms. The Hall–Kier alpha value is -2.49. The number of ether oxygens (including phenoxy) is 1. The Labute approximate surface area is 124 Å². The third-order valence-corrected chi connectivity index (χ3v) is 2.88. The Balaban J connectivity index is 2.11. The molecule has 4 nitrogen and oxygen atoms in total. The van der Waals surface area contributed by atoms with Gasteiger partial charge in [-0.05, 0) is 42.3 Å². The number of hydrogen-bond donors (Lipinski definition) is 2. The van der Waals surface area contributed by atoms with Gasteiger partial charge in [-0.2, -0.15) is 0 Å². The molecule has 0 aliphatic rings. The lowest BCUT2D eigenvalue weighted by Crippen LogP contribution is -2.13. The predicted octanol–water partition coefficient (Wildman–Crippen LogP) is 3.56. The van der Waals surface area contributed by atoms with Crippen LogP contribution in [0, 0.1) is 5.92 Å². The lowest BCUT2D eigenvalue weighted by Gasteiger charge is -2.13. The zero-order valence-corrected chi connectivity index (χ0v) is 12.3. The van der Waals surface area contributed by atoms with E-state index in [0.29, 0.717) is 35.2 Å². The first-order valence-electron chi connectivity index (χ1n) is 6.95. The second-order valence-corrected chi connectivity index (χ2v) is 5.28. The van der Waals surface area contributed by atoms with Crippen LogP contribution in [-0.2, 0) is 0 Å². The van der Waals surface area contributed by atoms with Crippen LogP contribution >= 0.6 is 0 Å². The van der Waals surface area contributed by atoms with Crippen molar-refractivity contribution in [3.63, 3.8) is 0 Å². The van der Waals surface area contributed by atoms with E-state index in [1.54, 1.807) is 24.3 Å². The molecule has 1 amide bonds. The second kappa shape index (κ2) is 6.79. The molecule has 0 heterocycles. The van der Waals surface area contributed by atoms with Gasteiger partial charge in [0.05, 0.1) is 12.3 Å². The monoisotopic (exact) mass is 284 g/mol. The number of carbonyl (C=O) groups is 1. The zero-order chi connectivity index (χ0) is 15.2. The summed E-state index contributed by atoms with van der Waals surface area (Å²) >= 11 is 0. The van der Waals surface area contributed by atoms with Gasteiger partial charge in [0.2, 0.25) is 0 Å². The van der Waals surface area contributed by atoms with Crippen molar-refractivity contribution < 1.29 is 9.53 Å². The Morgan fingerprint density at radius 1 is 1.14 bits per heavy atom. The van der Waals surface area contributed by atoms with Gasteiger partial charge >= 0.3 is 0 Å². The molecule has 110 valence electrons. The molecule has 2 rings (SSSR count). The van der Waals surface area contributed by atoms with Crippen molar-refractivity contribution in [2.24, 2.45) is 5.92 Å². The number of nitrogen functional groups attached to an aromatic ring is 1. The fraction of sp³-hybridized carbons (Fsp3) is 0.235. The number of benzene rings is 2. The molecule has 2 aromatic carbocycles. The first-order chi connectivity index (χ1) is 10.1. The molecule has 0 fully saturated rings. The molecule has 4 heteroatoms. The van der Waals surface area contributed by atoms with Crippen LogP contribution in [0.25, 0.3) is 0 Å². The summed E-state index contributed by atoms with van der Waals surface area (Å²) in [5, 5.41) is 2.87. The lowest BCUT2D eigenvalue weighted by atomic mass is 10.2. The first-order valence-corrected chi connectivity index (χ1v) is 6.95.